The van der Waals surface area contributed by atoms with Gasteiger partial charge in [-0.15, -0.1) is 0 Å². The van der Waals surface area contributed by atoms with E-state index in [0.717, 1.165) is 35.6 Å². The molecule has 3 fully saturated rings. The third-order valence-corrected chi connectivity index (χ3v) is 6.00. The highest BCUT2D eigenvalue weighted by Gasteiger charge is 2.44. The van der Waals surface area contributed by atoms with Gasteiger partial charge in [0, 0.05) is 42.5 Å². The molecule has 3 aromatic rings. The molecule has 31 heavy (non-hydrogen) atoms. The first-order valence-electron chi connectivity index (χ1n) is 10.5. The number of nitriles is 1. The normalized spacial score (nSPS) is 21.1. The average molecular weight is 419 g/mol. The Balaban J connectivity index is 1.50. The van der Waals surface area contributed by atoms with Gasteiger partial charge in [0.05, 0.1) is 29.1 Å². The number of nitrogens with zero attached hydrogens (tertiary/aromatic N) is 6. The van der Waals surface area contributed by atoms with Gasteiger partial charge in [0.1, 0.15) is 24.2 Å². The monoisotopic (exact) mass is 418 g/mol. The molecule has 2 bridgehead atoms. The molecule has 0 aliphatic carbocycles. The zero-order valence-electron chi connectivity index (χ0n) is 18.0. The Labute approximate surface area is 181 Å². The van der Waals surface area contributed by atoms with Crippen LogP contribution in [0.2, 0.25) is 0 Å². The number of aromatic nitrogens is 3. The van der Waals surface area contributed by atoms with E-state index in [4.69, 9.17) is 9.72 Å². The lowest BCUT2D eigenvalue weighted by Gasteiger charge is -2.56. The van der Waals surface area contributed by atoms with Crippen molar-refractivity contribution in [3.05, 3.63) is 42.4 Å². The predicted molar refractivity (Wildman–Crippen MR) is 117 cm³/mol. The van der Waals surface area contributed by atoms with Crippen molar-refractivity contribution >= 4 is 11.3 Å². The Bertz CT molecular complexity index is 1150. The minimum Gasteiger partial charge on any atom is -0.489 e. The van der Waals surface area contributed by atoms with Crippen LogP contribution in [0, 0.1) is 11.3 Å². The molecule has 3 aliphatic rings. The van der Waals surface area contributed by atoms with Crippen molar-refractivity contribution in [2.24, 2.45) is 0 Å². The third-order valence-electron chi connectivity index (χ3n) is 6.00. The van der Waals surface area contributed by atoms with Gasteiger partial charge in [-0.1, -0.05) is 0 Å². The van der Waals surface area contributed by atoms with E-state index in [1.807, 2.05) is 18.3 Å². The zero-order chi connectivity index (χ0) is 21.8. The van der Waals surface area contributed by atoms with Crippen LogP contribution in [0.25, 0.3) is 16.6 Å². The largest absolute Gasteiger partial charge is 0.489 e. The van der Waals surface area contributed by atoms with Crippen LogP contribution in [0.3, 0.4) is 0 Å². The second-order valence-corrected chi connectivity index (χ2v) is 9.23. The molecule has 1 N–H and O–H groups in total. The van der Waals surface area contributed by atoms with Crippen LogP contribution in [0.15, 0.2) is 36.8 Å². The molecular weight excluding hydrogens is 392 g/mol. The smallest absolute Gasteiger partial charge is 0.138 e. The highest BCUT2D eigenvalue weighted by atomic mass is 16.5. The minimum atomic E-state index is -0.955. The molecule has 8 heteroatoms. The van der Waals surface area contributed by atoms with Gasteiger partial charge in [0.2, 0.25) is 0 Å². The standard InChI is InChI=1S/C23H26N6O2/c1-23(2,30)14-31-19-7-20(22-16(8-24)10-26-28(22)13-19)15-4-5-21(25-9-15)29-17-6-18(29)12-27(3)11-17/h4-5,7,9-10,13,17-18,30H,6,11-12,14H2,1-3H3. The Morgan fingerprint density at radius 3 is 2.68 bits per heavy atom. The molecule has 0 spiro atoms. The first-order chi connectivity index (χ1) is 14.8. The van der Waals surface area contributed by atoms with Gasteiger partial charge in [0.15, 0.2) is 0 Å². The molecule has 0 aromatic carbocycles. The summed E-state index contributed by atoms with van der Waals surface area (Å²) in [5.74, 6) is 1.57. The number of anilines is 1. The lowest BCUT2D eigenvalue weighted by molar-refractivity contribution is 0.0283. The van der Waals surface area contributed by atoms with Crippen molar-refractivity contribution < 1.29 is 9.84 Å². The van der Waals surface area contributed by atoms with Crippen LogP contribution in [0.1, 0.15) is 25.8 Å². The number of piperazine rings is 1. The minimum absolute atomic E-state index is 0.147. The molecule has 8 nitrogen and oxygen atoms in total. The SMILES string of the molecule is CN1CC2CC(C1)N2c1ccc(-c2cc(OCC(C)(C)O)cn3ncc(C#N)c23)cn1. The maximum atomic E-state index is 10.0. The summed E-state index contributed by atoms with van der Waals surface area (Å²) in [4.78, 5) is 9.56. The first-order valence-corrected chi connectivity index (χ1v) is 10.5. The van der Waals surface area contributed by atoms with E-state index in [-0.39, 0.29) is 6.61 Å². The molecule has 0 amide bonds. The number of fused-ring (bicyclic) bond motifs is 3. The summed E-state index contributed by atoms with van der Waals surface area (Å²) < 4.78 is 7.46. The van der Waals surface area contributed by atoms with Gasteiger partial charge in [-0.25, -0.2) is 9.50 Å². The van der Waals surface area contributed by atoms with Crippen molar-refractivity contribution in [1.82, 2.24) is 19.5 Å². The summed E-state index contributed by atoms with van der Waals surface area (Å²) in [7, 11) is 2.17. The van der Waals surface area contributed by atoms with Gasteiger partial charge < -0.3 is 19.6 Å². The number of rotatable bonds is 5. The molecule has 3 aliphatic heterocycles. The second-order valence-electron chi connectivity index (χ2n) is 9.23. The second kappa shape index (κ2) is 7.22. The fraction of sp³-hybridized carbons (Fsp3) is 0.435. The van der Waals surface area contributed by atoms with Crippen LogP contribution in [-0.2, 0) is 0 Å². The molecule has 6 rings (SSSR count). The zero-order valence-corrected chi connectivity index (χ0v) is 18.0. The summed E-state index contributed by atoms with van der Waals surface area (Å²) >= 11 is 0. The summed E-state index contributed by atoms with van der Waals surface area (Å²) in [5, 5.41) is 23.9. The predicted octanol–water partition coefficient (Wildman–Crippen LogP) is 2.31. The molecular formula is C23H26N6O2. The Morgan fingerprint density at radius 2 is 2.03 bits per heavy atom. The van der Waals surface area contributed by atoms with Gasteiger partial charge in [0.25, 0.3) is 0 Å². The van der Waals surface area contributed by atoms with E-state index < -0.39 is 5.60 Å². The number of piperidine rings is 1. The van der Waals surface area contributed by atoms with Gasteiger partial charge in [-0.3, -0.25) is 0 Å². The van der Waals surface area contributed by atoms with Gasteiger partial charge in [-0.05, 0) is 45.5 Å². The van der Waals surface area contributed by atoms with Crippen LogP contribution >= 0.6 is 0 Å². The number of hydrogen-bond donors (Lipinski definition) is 1. The molecule has 2 unspecified atom stereocenters. The molecule has 2 atom stereocenters. The lowest BCUT2D eigenvalue weighted by Crippen LogP contribution is -2.68. The van der Waals surface area contributed by atoms with E-state index in [1.54, 1.807) is 30.8 Å². The summed E-state index contributed by atoms with van der Waals surface area (Å²) in [6, 6.07) is 9.27. The maximum absolute atomic E-state index is 10.0. The van der Waals surface area contributed by atoms with Crippen LogP contribution in [0.4, 0.5) is 5.82 Å². The van der Waals surface area contributed by atoms with Crippen molar-refractivity contribution in [1.29, 1.82) is 5.26 Å². The molecule has 3 saturated heterocycles. The number of pyridine rings is 2. The van der Waals surface area contributed by atoms with Gasteiger partial charge >= 0.3 is 0 Å². The van der Waals surface area contributed by atoms with Crippen molar-refractivity contribution in [3.63, 3.8) is 0 Å². The topological polar surface area (TPSA) is 89.9 Å². The van der Waals surface area contributed by atoms with Crippen LogP contribution in [-0.4, -0.2) is 69.0 Å². The number of ether oxygens (including phenoxy) is 1. The fourth-order valence-corrected chi connectivity index (χ4v) is 4.63. The van der Waals surface area contributed by atoms with Gasteiger partial charge in [-0.2, -0.15) is 10.4 Å². The molecule has 0 radical (unpaired) electrons. The number of likely N-dealkylation sites (N-methyl/N-ethyl adjacent to an activating group) is 1. The molecule has 160 valence electrons. The average Bonchev–Trinajstić information content (AvgIpc) is 3.14. The summed E-state index contributed by atoms with van der Waals surface area (Å²) in [6.45, 7) is 5.68. The molecule has 0 saturated carbocycles. The third kappa shape index (κ3) is 3.60. The maximum Gasteiger partial charge on any atom is 0.138 e. The van der Waals surface area contributed by atoms with E-state index in [0.29, 0.717) is 23.4 Å². The first kappa shape index (κ1) is 19.8. The number of hydrogen-bond acceptors (Lipinski definition) is 7. The van der Waals surface area contributed by atoms with Crippen molar-refractivity contribution in [2.75, 3.05) is 31.6 Å². The van der Waals surface area contributed by atoms with E-state index in [9.17, 15) is 10.4 Å². The highest BCUT2D eigenvalue weighted by molar-refractivity contribution is 5.85. The quantitative estimate of drug-likeness (QED) is 0.680. The van der Waals surface area contributed by atoms with Crippen molar-refractivity contribution in [2.45, 2.75) is 38.0 Å². The fourth-order valence-electron chi connectivity index (χ4n) is 4.63. The number of aliphatic hydroxyl groups is 1. The van der Waals surface area contributed by atoms with Crippen molar-refractivity contribution in [3.8, 4) is 22.9 Å². The molecule has 6 heterocycles. The Morgan fingerprint density at radius 1 is 1.26 bits per heavy atom. The van der Waals surface area contributed by atoms with E-state index in [2.05, 4.69) is 34.1 Å². The summed E-state index contributed by atoms with van der Waals surface area (Å²) in [5.41, 5.74) is 1.97. The Hall–Kier alpha value is -3.15. The lowest BCUT2D eigenvalue weighted by atomic mass is 9.87. The summed E-state index contributed by atoms with van der Waals surface area (Å²) in [6.07, 6.45) is 6.37. The van der Waals surface area contributed by atoms with Crippen LogP contribution < -0.4 is 9.64 Å². The van der Waals surface area contributed by atoms with Crippen LogP contribution in [0.5, 0.6) is 5.75 Å². The van der Waals surface area contributed by atoms with E-state index in [1.165, 1.54) is 6.42 Å². The molecule has 3 aromatic heterocycles. The van der Waals surface area contributed by atoms with E-state index >= 15 is 0 Å². The highest BCUT2D eigenvalue weighted by Crippen LogP contribution is 2.37. The Kier molecular flexibility index (Phi) is 4.61.